The van der Waals surface area contributed by atoms with E-state index in [1.165, 1.54) is 0 Å². The molecule has 0 amide bonds. The van der Waals surface area contributed by atoms with Gasteiger partial charge in [-0.2, -0.15) is 0 Å². The average Bonchev–Trinajstić information content (AvgIpc) is 2.79. The second kappa shape index (κ2) is 5.76. The number of nitrogens with zero attached hydrogens (tertiary/aromatic N) is 2. The summed E-state index contributed by atoms with van der Waals surface area (Å²) in [5.74, 6) is 0.681. The van der Waals surface area contributed by atoms with Crippen LogP contribution in [0.5, 0.6) is 0 Å². The van der Waals surface area contributed by atoms with Crippen LogP contribution in [0.2, 0.25) is 5.02 Å². The lowest BCUT2D eigenvalue weighted by Crippen LogP contribution is -2.17. The zero-order valence-electron chi connectivity index (χ0n) is 11.7. The van der Waals surface area contributed by atoms with Gasteiger partial charge in [-0.1, -0.05) is 23.7 Å². The van der Waals surface area contributed by atoms with Crippen LogP contribution in [0.3, 0.4) is 0 Å². The first-order valence-electron chi connectivity index (χ1n) is 6.68. The van der Waals surface area contributed by atoms with Crippen molar-refractivity contribution in [2.75, 3.05) is 12.8 Å². The number of nitrogen functional groups attached to an aromatic ring is 1. The highest BCUT2D eigenvalue weighted by atomic mass is 35.5. The molecule has 0 fully saturated rings. The van der Waals surface area contributed by atoms with Gasteiger partial charge in [-0.05, 0) is 36.9 Å². The summed E-state index contributed by atoms with van der Waals surface area (Å²) in [6.45, 7) is 1.41. The Bertz CT molecular complexity index is 769. The van der Waals surface area contributed by atoms with Crippen molar-refractivity contribution in [1.29, 1.82) is 0 Å². The molecule has 21 heavy (non-hydrogen) atoms. The molecule has 0 saturated heterocycles. The molecule has 0 radical (unpaired) electrons. The second-order valence-electron chi connectivity index (χ2n) is 5.14. The predicted octanol–water partition coefficient (Wildman–Crippen LogP) is 3.70. The lowest BCUT2D eigenvalue weighted by Gasteiger charge is -2.14. The van der Waals surface area contributed by atoms with E-state index in [9.17, 15) is 0 Å². The molecule has 3 aromatic rings. The van der Waals surface area contributed by atoms with Gasteiger partial charge in [0.15, 0.2) is 5.58 Å². The first kappa shape index (κ1) is 13.9. The Labute approximate surface area is 128 Å². The minimum absolute atomic E-state index is 0.626. The Morgan fingerprint density at radius 3 is 2.86 bits per heavy atom. The number of fused-ring (bicyclic) bond motifs is 1. The maximum atomic E-state index is 6.00. The molecule has 2 aromatic carbocycles. The highest BCUT2D eigenvalue weighted by Crippen LogP contribution is 2.20. The quantitative estimate of drug-likeness (QED) is 0.747. The third-order valence-corrected chi connectivity index (χ3v) is 3.44. The van der Waals surface area contributed by atoms with E-state index in [1.807, 2.05) is 37.4 Å². The first-order valence-corrected chi connectivity index (χ1v) is 7.06. The molecule has 4 nitrogen and oxygen atoms in total. The van der Waals surface area contributed by atoms with Crippen molar-refractivity contribution in [2.45, 2.75) is 13.1 Å². The molecule has 108 valence electrons. The van der Waals surface area contributed by atoms with Gasteiger partial charge in [0.25, 0.3) is 0 Å². The van der Waals surface area contributed by atoms with Gasteiger partial charge < -0.3 is 10.2 Å². The van der Waals surface area contributed by atoms with E-state index in [-0.39, 0.29) is 0 Å². The summed E-state index contributed by atoms with van der Waals surface area (Å²) in [6.07, 6.45) is 0. The number of oxazole rings is 1. The number of nitrogens with two attached hydrogens (primary N) is 1. The average molecular weight is 302 g/mol. The molecule has 3 rings (SSSR count). The summed E-state index contributed by atoms with van der Waals surface area (Å²) < 4.78 is 5.72. The highest BCUT2D eigenvalue weighted by Gasteiger charge is 2.09. The third kappa shape index (κ3) is 3.35. The van der Waals surface area contributed by atoms with Gasteiger partial charge in [-0.25, -0.2) is 4.98 Å². The number of hydrogen-bond donors (Lipinski definition) is 1. The van der Waals surface area contributed by atoms with Gasteiger partial charge in [0.1, 0.15) is 5.52 Å². The number of halogens is 1. The molecule has 0 aliphatic carbocycles. The first-order chi connectivity index (χ1) is 10.1. The largest absolute Gasteiger partial charge is 0.439 e. The molecule has 1 aromatic heterocycles. The second-order valence-corrected chi connectivity index (χ2v) is 5.57. The van der Waals surface area contributed by atoms with Crippen LogP contribution in [-0.4, -0.2) is 16.9 Å². The molecular weight excluding hydrogens is 286 g/mol. The molecule has 0 bridgehead atoms. The fraction of sp³-hybridized carbons (Fsp3) is 0.188. The summed E-state index contributed by atoms with van der Waals surface area (Å²) in [5.41, 5.74) is 9.13. The van der Waals surface area contributed by atoms with E-state index in [0.29, 0.717) is 18.1 Å². The maximum absolute atomic E-state index is 6.00. The molecule has 0 unspecified atom stereocenters. The Morgan fingerprint density at radius 1 is 1.19 bits per heavy atom. The molecule has 0 saturated carbocycles. The molecule has 0 atom stereocenters. The van der Waals surface area contributed by atoms with E-state index in [1.54, 1.807) is 6.07 Å². The monoisotopic (exact) mass is 301 g/mol. The van der Waals surface area contributed by atoms with Gasteiger partial charge in [0.2, 0.25) is 5.89 Å². The Kier molecular flexibility index (Phi) is 3.82. The zero-order chi connectivity index (χ0) is 14.8. The van der Waals surface area contributed by atoms with E-state index >= 15 is 0 Å². The highest BCUT2D eigenvalue weighted by molar-refractivity contribution is 6.30. The summed E-state index contributed by atoms with van der Waals surface area (Å²) in [5, 5.41) is 0.748. The van der Waals surface area contributed by atoms with Crippen molar-refractivity contribution in [3.63, 3.8) is 0 Å². The van der Waals surface area contributed by atoms with Crippen LogP contribution < -0.4 is 5.73 Å². The molecule has 2 N–H and O–H groups in total. The van der Waals surface area contributed by atoms with Gasteiger partial charge in [0.05, 0.1) is 6.54 Å². The van der Waals surface area contributed by atoms with Gasteiger partial charge in [-0.15, -0.1) is 0 Å². The number of rotatable bonds is 4. The number of benzene rings is 2. The number of anilines is 1. The third-order valence-electron chi connectivity index (χ3n) is 3.20. The lowest BCUT2D eigenvalue weighted by atomic mass is 10.2. The van der Waals surface area contributed by atoms with Crippen molar-refractivity contribution < 1.29 is 4.42 Å². The fourth-order valence-electron chi connectivity index (χ4n) is 2.29. The maximum Gasteiger partial charge on any atom is 0.209 e. The lowest BCUT2D eigenvalue weighted by molar-refractivity contribution is 0.285. The Morgan fingerprint density at radius 2 is 2.05 bits per heavy atom. The Balaban J connectivity index is 1.72. The summed E-state index contributed by atoms with van der Waals surface area (Å²) >= 11 is 6.00. The SMILES string of the molecule is CN(Cc1cccc(Cl)c1)Cc1nc2ccc(N)cc2o1. The van der Waals surface area contributed by atoms with Crippen LogP contribution in [0.1, 0.15) is 11.5 Å². The van der Waals surface area contributed by atoms with Crippen LogP contribution >= 0.6 is 11.6 Å². The van der Waals surface area contributed by atoms with Crippen molar-refractivity contribution in [2.24, 2.45) is 0 Å². The van der Waals surface area contributed by atoms with Crippen LogP contribution in [0.25, 0.3) is 11.1 Å². The minimum Gasteiger partial charge on any atom is -0.439 e. The molecule has 1 heterocycles. The standard InChI is InChI=1S/C16H16ClN3O/c1-20(9-11-3-2-4-12(17)7-11)10-16-19-14-6-5-13(18)8-15(14)21-16/h2-8H,9-10,18H2,1H3. The summed E-state index contributed by atoms with van der Waals surface area (Å²) in [7, 11) is 2.02. The van der Waals surface area contributed by atoms with Gasteiger partial charge in [-0.3, -0.25) is 4.90 Å². The number of hydrogen-bond acceptors (Lipinski definition) is 4. The van der Waals surface area contributed by atoms with Crippen LogP contribution in [0, 0.1) is 0 Å². The summed E-state index contributed by atoms with van der Waals surface area (Å²) in [6, 6.07) is 13.3. The molecular formula is C16H16ClN3O. The fourth-order valence-corrected chi connectivity index (χ4v) is 2.50. The normalized spacial score (nSPS) is 11.4. The number of aromatic nitrogens is 1. The molecule has 0 aliphatic heterocycles. The topological polar surface area (TPSA) is 55.3 Å². The van der Waals surface area contributed by atoms with E-state index in [0.717, 1.165) is 28.2 Å². The summed E-state index contributed by atoms with van der Waals surface area (Å²) in [4.78, 5) is 6.59. The Hall–Kier alpha value is -2.04. The van der Waals surface area contributed by atoms with Crippen LogP contribution in [0.4, 0.5) is 5.69 Å². The van der Waals surface area contributed by atoms with Gasteiger partial charge >= 0.3 is 0 Å². The minimum atomic E-state index is 0.626. The van der Waals surface area contributed by atoms with E-state index in [4.69, 9.17) is 21.8 Å². The molecule has 5 heteroatoms. The smallest absolute Gasteiger partial charge is 0.209 e. The van der Waals surface area contributed by atoms with Gasteiger partial charge in [0, 0.05) is 23.3 Å². The van der Waals surface area contributed by atoms with Crippen LogP contribution in [-0.2, 0) is 13.1 Å². The predicted molar refractivity (Wildman–Crippen MR) is 85.0 cm³/mol. The van der Waals surface area contributed by atoms with Crippen molar-refractivity contribution in [3.8, 4) is 0 Å². The van der Waals surface area contributed by atoms with E-state index < -0.39 is 0 Å². The molecule has 0 aliphatic rings. The molecule has 0 spiro atoms. The van der Waals surface area contributed by atoms with E-state index in [2.05, 4.69) is 16.0 Å². The van der Waals surface area contributed by atoms with Crippen molar-refractivity contribution >= 4 is 28.4 Å². The van der Waals surface area contributed by atoms with Crippen molar-refractivity contribution in [3.05, 3.63) is 58.9 Å². The zero-order valence-corrected chi connectivity index (χ0v) is 12.5. The van der Waals surface area contributed by atoms with Crippen LogP contribution in [0.15, 0.2) is 46.9 Å². The van der Waals surface area contributed by atoms with Crippen molar-refractivity contribution in [1.82, 2.24) is 9.88 Å².